The number of benzene rings is 4. The van der Waals surface area contributed by atoms with E-state index < -0.39 is 67.2 Å². The first-order valence-electron chi connectivity index (χ1n) is 15.8. The second kappa shape index (κ2) is 11.7. The van der Waals surface area contributed by atoms with Gasteiger partial charge in [-0.05, 0) is 0 Å². The summed E-state index contributed by atoms with van der Waals surface area (Å²) in [6.45, 7) is 3.79. The maximum absolute atomic E-state index is 13.7. The van der Waals surface area contributed by atoms with Gasteiger partial charge in [0.05, 0.1) is 0 Å². The molecule has 4 aromatic rings. The molecule has 1 aliphatic heterocycles. The predicted octanol–water partition coefficient (Wildman–Crippen LogP) is 13.7. The number of rotatable bonds is 4. The first-order chi connectivity index (χ1) is 23.6. The third-order valence-electron chi connectivity index (χ3n) is 10.3. The molecule has 13 heteroatoms. The Morgan fingerprint density at radius 1 is 0.471 bits per heavy atom. The Labute approximate surface area is 288 Å². The van der Waals surface area contributed by atoms with Gasteiger partial charge in [0.2, 0.25) is 0 Å². The molecule has 0 nitrogen and oxygen atoms in total. The molecule has 1 fully saturated rings. The Morgan fingerprint density at radius 2 is 0.784 bits per heavy atom. The molecule has 1 saturated heterocycles. The zero-order valence-electron chi connectivity index (χ0n) is 26.7. The topological polar surface area (TPSA) is 0 Å². The first-order valence-corrected chi connectivity index (χ1v) is 22.1. The number of halogens is 12. The molecule has 1 heterocycles. The Hall–Kier alpha value is -3.60. The average molecular weight is 802 g/mol. The molecular formula is C38H26F12Zr. The minimum atomic E-state index is -5.02. The molecule has 0 bridgehead atoms. The van der Waals surface area contributed by atoms with Crippen LogP contribution in [-0.4, -0.2) is 0 Å². The van der Waals surface area contributed by atoms with Crippen LogP contribution in [0.15, 0.2) is 83.9 Å². The van der Waals surface area contributed by atoms with E-state index in [0.717, 1.165) is 54.8 Å². The van der Waals surface area contributed by atoms with Crippen LogP contribution in [0.25, 0.3) is 34.4 Å². The Kier molecular flexibility index (Phi) is 8.21. The summed E-state index contributed by atoms with van der Waals surface area (Å²) in [5.74, 6) is 0. The van der Waals surface area contributed by atoms with E-state index >= 15 is 0 Å². The minimum absolute atomic E-state index is 0.0937. The fraction of sp³-hybridized carbons (Fsp3) is 0.263. The molecule has 0 amide bonds. The number of allylic oxidation sites excluding steroid dienone is 2. The average Bonchev–Trinajstić information content (AvgIpc) is 3.60. The molecule has 4 aromatic carbocycles. The van der Waals surface area contributed by atoms with Crippen LogP contribution in [0.5, 0.6) is 0 Å². The molecule has 2 atom stereocenters. The van der Waals surface area contributed by atoms with Crippen molar-refractivity contribution >= 4 is 12.2 Å². The van der Waals surface area contributed by atoms with Crippen LogP contribution in [-0.2, 0) is 45.0 Å². The van der Waals surface area contributed by atoms with Crippen molar-refractivity contribution in [1.29, 1.82) is 0 Å². The molecule has 0 saturated carbocycles. The van der Waals surface area contributed by atoms with E-state index in [9.17, 15) is 52.7 Å². The summed E-state index contributed by atoms with van der Waals surface area (Å²) in [6, 6.07) is 13.0. The summed E-state index contributed by atoms with van der Waals surface area (Å²) in [6.07, 6.45) is -16.4. The van der Waals surface area contributed by atoms with E-state index in [1.807, 2.05) is 38.1 Å². The van der Waals surface area contributed by atoms with Crippen molar-refractivity contribution in [2.45, 2.75) is 54.1 Å². The summed E-state index contributed by atoms with van der Waals surface area (Å²) in [5, 5.41) is 0. The number of hydrogen-bond acceptors (Lipinski definition) is 0. The van der Waals surface area contributed by atoms with Gasteiger partial charge in [0.25, 0.3) is 0 Å². The molecule has 0 aromatic heterocycles. The number of alkyl halides is 12. The molecule has 2 unspecified atom stereocenters. The quantitative estimate of drug-likeness (QED) is 0.180. The van der Waals surface area contributed by atoms with Crippen molar-refractivity contribution in [1.82, 2.24) is 0 Å². The van der Waals surface area contributed by atoms with Crippen molar-refractivity contribution in [2.75, 3.05) is 0 Å². The van der Waals surface area contributed by atoms with E-state index in [2.05, 4.69) is 0 Å². The summed E-state index contributed by atoms with van der Waals surface area (Å²) < 4.78 is 167. The predicted molar refractivity (Wildman–Crippen MR) is 166 cm³/mol. The molecule has 266 valence electrons. The maximum atomic E-state index is 13.7. The van der Waals surface area contributed by atoms with Crippen LogP contribution in [0.4, 0.5) is 52.7 Å². The zero-order valence-corrected chi connectivity index (χ0v) is 29.1. The Balaban J connectivity index is 1.33. The van der Waals surface area contributed by atoms with E-state index in [4.69, 9.17) is 0 Å². The normalized spacial score (nSPS) is 19.8. The van der Waals surface area contributed by atoms with Crippen LogP contribution < -0.4 is 0 Å². The van der Waals surface area contributed by atoms with Crippen LogP contribution in [0.3, 0.4) is 0 Å². The molecule has 0 radical (unpaired) electrons. The van der Waals surface area contributed by atoms with Gasteiger partial charge >= 0.3 is 290 Å². The molecular weight excluding hydrogens is 776 g/mol. The van der Waals surface area contributed by atoms with Crippen LogP contribution in [0.2, 0.25) is 8.26 Å². The van der Waals surface area contributed by atoms with Gasteiger partial charge in [-0.25, -0.2) is 0 Å². The third-order valence-corrected chi connectivity index (χ3v) is 23.8. The van der Waals surface area contributed by atoms with Crippen LogP contribution >= 0.6 is 0 Å². The van der Waals surface area contributed by atoms with E-state index in [1.165, 1.54) is 12.1 Å². The molecule has 7 rings (SSSR count). The monoisotopic (exact) mass is 800 g/mol. The fourth-order valence-corrected chi connectivity index (χ4v) is 26.0. The first kappa shape index (κ1) is 35.8. The summed E-state index contributed by atoms with van der Waals surface area (Å²) in [7, 11) is 0. The van der Waals surface area contributed by atoms with Crippen LogP contribution in [0, 0.1) is 0 Å². The van der Waals surface area contributed by atoms with Gasteiger partial charge in [0.1, 0.15) is 0 Å². The summed E-state index contributed by atoms with van der Waals surface area (Å²) in [5.41, 5.74) is -1.04. The van der Waals surface area contributed by atoms with Gasteiger partial charge in [-0.2, -0.15) is 0 Å². The zero-order chi connectivity index (χ0) is 37.1. The molecule has 2 aliphatic carbocycles. The van der Waals surface area contributed by atoms with Crippen LogP contribution in [0.1, 0.15) is 65.6 Å². The van der Waals surface area contributed by atoms with Crippen molar-refractivity contribution in [2.24, 2.45) is 0 Å². The standard InChI is InChI=1S/2C18H11F6.C2H4.Zr/c2*1-10-5-11-3-2-4-15(16(11)6-10)12-7-13(17(19,20)21)9-14(8-12)18(22,23)24;1-2;/h2*2-9H,1H3;1-2H2;. The van der Waals surface area contributed by atoms with Crippen molar-refractivity contribution < 1.29 is 73.0 Å². The van der Waals surface area contributed by atoms with E-state index in [1.54, 1.807) is 12.1 Å². The number of fused-ring (bicyclic) bond motifs is 2. The van der Waals surface area contributed by atoms with Gasteiger partial charge in [-0.3, -0.25) is 0 Å². The van der Waals surface area contributed by atoms with Gasteiger partial charge < -0.3 is 0 Å². The van der Waals surface area contributed by atoms with Crippen molar-refractivity contribution in [3.8, 4) is 22.3 Å². The molecule has 0 spiro atoms. The third kappa shape index (κ3) is 6.21. The van der Waals surface area contributed by atoms with Crippen molar-refractivity contribution in [3.63, 3.8) is 0 Å². The second-order valence-corrected chi connectivity index (χ2v) is 24.9. The van der Waals surface area contributed by atoms with Gasteiger partial charge in [-0.1, -0.05) is 0 Å². The number of hydrogen-bond donors (Lipinski definition) is 0. The van der Waals surface area contributed by atoms with Gasteiger partial charge in [0, 0.05) is 0 Å². The fourth-order valence-electron chi connectivity index (χ4n) is 8.24. The Morgan fingerprint density at radius 3 is 1.06 bits per heavy atom. The Bertz CT molecular complexity index is 1930. The van der Waals surface area contributed by atoms with Crippen molar-refractivity contribution in [3.05, 3.63) is 128 Å². The molecule has 51 heavy (non-hydrogen) atoms. The summed E-state index contributed by atoms with van der Waals surface area (Å²) >= 11 is -3.49. The van der Waals surface area contributed by atoms with Gasteiger partial charge in [-0.15, -0.1) is 0 Å². The second-order valence-electron chi connectivity index (χ2n) is 13.6. The SMILES string of the molecule is CC1=Cc2c(-c3cc(C(F)(F)F)cc(C(F)(F)F)c3)cccc2[CH]1[Zr]1([CH]2C(C)=Cc3c(-c4cc(C(F)(F)F)cc(C(F)(F)F)c4)cccc32)[CH2][CH2]1. The van der Waals surface area contributed by atoms with E-state index in [-0.39, 0.29) is 41.6 Å². The molecule has 3 aliphatic rings. The summed E-state index contributed by atoms with van der Waals surface area (Å²) in [4.78, 5) is 0. The van der Waals surface area contributed by atoms with E-state index in [0.29, 0.717) is 11.1 Å². The molecule has 0 N–H and O–H groups in total. The van der Waals surface area contributed by atoms with Gasteiger partial charge in [0.15, 0.2) is 0 Å².